The second-order valence-corrected chi connectivity index (χ2v) is 5.97. The van der Waals surface area contributed by atoms with Gasteiger partial charge in [0.05, 0.1) is 0 Å². The minimum atomic E-state index is -0.322. The van der Waals surface area contributed by atoms with Gasteiger partial charge in [-0.05, 0) is 66.8 Å². The summed E-state index contributed by atoms with van der Waals surface area (Å²) in [6, 6.07) is 10.1. The Morgan fingerprint density at radius 1 is 1.13 bits per heavy atom. The summed E-state index contributed by atoms with van der Waals surface area (Å²) >= 11 is 0. The Kier molecular flexibility index (Phi) is 5.37. The molecule has 2 aromatic carbocycles. The van der Waals surface area contributed by atoms with Crippen LogP contribution in [0.3, 0.4) is 0 Å². The Morgan fingerprint density at radius 2 is 1.87 bits per heavy atom. The van der Waals surface area contributed by atoms with E-state index < -0.39 is 0 Å². The molecule has 0 radical (unpaired) electrons. The van der Waals surface area contributed by atoms with Crippen LogP contribution in [0.2, 0.25) is 0 Å². The fourth-order valence-electron chi connectivity index (χ4n) is 2.49. The van der Waals surface area contributed by atoms with Gasteiger partial charge in [0.15, 0.2) is 6.61 Å². The van der Waals surface area contributed by atoms with Crippen molar-refractivity contribution in [1.29, 1.82) is 0 Å². The average molecular weight is 315 g/mol. The third-order valence-electron chi connectivity index (χ3n) is 3.70. The Balaban J connectivity index is 1.95. The first kappa shape index (κ1) is 17.0. The van der Waals surface area contributed by atoms with Crippen molar-refractivity contribution in [3.05, 3.63) is 58.9 Å². The van der Waals surface area contributed by atoms with Crippen LogP contribution in [0, 0.1) is 19.7 Å². The van der Waals surface area contributed by atoms with Gasteiger partial charge in [0, 0.05) is 5.69 Å². The quantitative estimate of drug-likeness (QED) is 0.877. The minimum absolute atomic E-state index is 0.0860. The van der Waals surface area contributed by atoms with Gasteiger partial charge in [0.2, 0.25) is 0 Å². The molecular weight excluding hydrogens is 293 g/mol. The summed E-state index contributed by atoms with van der Waals surface area (Å²) in [6.07, 6.45) is 0. The molecule has 2 aromatic rings. The number of amides is 1. The Bertz CT molecular complexity index is 711. The maximum Gasteiger partial charge on any atom is 0.262 e. The highest BCUT2D eigenvalue weighted by atomic mass is 19.1. The largest absolute Gasteiger partial charge is 0.484 e. The zero-order valence-electron chi connectivity index (χ0n) is 13.9. The summed E-state index contributed by atoms with van der Waals surface area (Å²) in [6.45, 7) is 7.97. The lowest BCUT2D eigenvalue weighted by Gasteiger charge is -2.13. The third kappa shape index (κ3) is 4.55. The molecule has 4 heteroatoms. The second kappa shape index (κ2) is 7.27. The molecule has 23 heavy (non-hydrogen) atoms. The summed E-state index contributed by atoms with van der Waals surface area (Å²) in [7, 11) is 0. The molecule has 0 aliphatic heterocycles. The van der Waals surface area contributed by atoms with E-state index in [1.165, 1.54) is 17.7 Å². The molecule has 122 valence electrons. The molecule has 2 rings (SSSR count). The van der Waals surface area contributed by atoms with Gasteiger partial charge in [0.25, 0.3) is 5.91 Å². The summed E-state index contributed by atoms with van der Waals surface area (Å²) in [5, 5.41) is 2.72. The van der Waals surface area contributed by atoms with E-state index in [-0.39, 0.29) is 18.3 Å². The van der Waals surface area contributed by atoms with Crippen molar-refractivity contribution in [3.8, 4) is 5.75 Å². The molecule has 0 aromatic heterocycles. The number of halogens is 1. The number of benzene rings is 2. The van der Waals surface area contributed by atoms with E-state index in [9.17, 15) is 9.18 Å². The first-order valence-electron chi connectivity index (χ1n) is 7.66. The van der Waals surface area contributed by atoms with E-state index in [1.54, 1.807) is 13.0 Å². The molecule has 0 bridgehead atoms. The topological polar surface area (TPSA) is 38.3 Å². The Labute approximate surface area is 136 Å². The summed E-state index contributed by atoms with van der Waals surface area (Å²) < 4.78 is 18.6. The number of ether oxygens (including phenoxy) is 1. The maximum atomic E-state index is 13.0. The monoisotopic (exact) mass is 315 g/mol. The molecule has 0 aliphatic carbocycles. The maximum absolute atomic E-state index is 13.0. The van der Waals surface area contributed by atoms with Crippen molar-refractivity contribution in [2.75, 3.05) is 11.9 Å². The van der Waals surface area contributed by atoms with Crippen LogP contribution in [0.5, 0.6) is 5.75 Å². The van der Waals surface area contributed by atoms with Crippen LogP contribution in [0.15, 0.2) is 36.4 Å². The zero-order valence-corrected chi connectivity index (χ0v) is 13.9. The molecule has 0 atom stereocenters. The van der Waals surface area contributed by atoms with Gasteiger partial charge in [-0.25, -0.2) is 4.39 Å². The van der Waals surface area contributed by atoms with E-state index in [0.717, 1.165) is 5.56 Å². The molecule has 1 amide bonds. The Hall–Kier alpha value is -2.36. The van der Waals surface area contributed by atoms with Crippen molar-refractivity contribution in [2.24, 2.45) is 0 Å². The normalized spacial score (nSPS) is 10.7. The average Bonchev–Trinajstić information content (AvgIpc) is 2.48. The van der Waals surface area contributed by atoms with Crippen LogP contribution in [0.25, 0.3) is 0 Å². The van der Waals surface area contributed by atoms with Crippen molar-refractivity contribution in [3.63, 3.8) is 0 Å². The highest BCUT2D eigenvalue weighted by molar-refractivity contribution is 5.92. The number of carbonyl (C=O) groups excluding carboxylic acids is 1. The smallest absolute Gasteiger partial charge is 0.262 e. The van der Waals surface area contributed by atoms with Crippen LogP contribution < -0.4 is 10.1 Å². The molecule has 0 saturated heterocycles. The van der Waals surface area contributed by atoms with E-state index in [4.69, 9.17) is 4.74 Å². The van der Waals surface area contributed by atoms with Gasteiger partial charge in [-0.1, -0.05) is 19.9 Å². The molecule has 1 N–H and O–H groups in total. The van der Waals surface area contributed by atoms with Gasteiger partial charge in [-0.3, -0.25) is 4.79 Å². The van der Waals surface area contributed by atoms with Gasteiger partial charge in [-0.2, -0.15) is 0 Å². The van der Waals surface area contributed by atoms with Crippen molar-refractivity contribution >= 4 is 11.6 Å². The second-order valence-electron chi connectivity index (χ2n) is 5.97. The van der Waals surface area contributed by atoms with Crippen molar-refractivity contribution in [2.45, 2.75) is 33.6 Å². The predicted octanol–water partition coefficient (Wildman–Crippen LogP) is 4.58. The van der Waals surface area contributed by atoms with Crippen LogP contribution in [0.4, 0.5) is 10.1 Å². The fourth-order valence-corrected chi connectivity index (χ4v) is 2.49. The third-order valence-corrected chi connectivity index (χ3v) is 3.70. The van der Waals surface area contributed by atoms with E-state index in [2.05, 4.69) is 19.2 Å². The summed E-state index contributed by atoms with van der Waals surface area (Å²) in [5.41, 5.74) is 3.68. The fraction of sp³-hybridized carbons (Fsp3) is 0.316. The molecule has 3 nitrogen and oxygen atoms in total. The predicted molar refractivity (Wildman–Crippen MR) is 90.5 cm³/mol. The number of anilines is 1. The lowest BCUT2D eigenvalue weighted by atomic mass is 9.98. The lowest BCUT2D eigenvalue weighted by molar-refractivity contribution is -0.118. The SMILES string of the molecule is Cc1cc(F)ccc1NC(=O)COc1ccc(C(C)C)c(C)c1. The molecular formula is C19H22FNO2. The van der Waals surface area contributed by atoms with Gasteiger partial charge < -0.3 is 10.1 Å². The van der Waals surface area contributed by atoms with E-state index >= 15 is 0 Å². The van der Waals surface area contributed by atoms with E-state index in [1.807, 2.05) is 25.1 Å². The summed E-state index contributed by atoms with van der Waals surface area (Å²) in [4.78, 5) is 12.0. The molecule has 0 spiro atoms. The molecule has 0 aliphatic rings. The lowest BCUT2D eigenvalue weighted by Crippen LogP contribution is -2.20. The number of hydrogen-bond donors (Lipinski definition) is 1. The minimum Gasteiger partial charge on any atom is -0.484 e. The number of rotatable bonds is 5. The van der Waals surface area contributed by atoms with Crippen LogP contribution in [0.1, 0.15) is 36.5 Å². The number of nitrogens with one attached hydrogen (secondary N) is 1. The first-order chi connectivity index (χ1) is 10.9. The number of aryl methyl sites for hydroxylation is 2. The van der Waals surface area contributed by atoms with Gasteiger partial charge in [-0.15, -0.1) is 0 Å². The number of hydrogen-bond acceptors (Lipinski definition) is 2. The highest BCUT2D eigenvalue weighted by Gasteiger charge is 2.08. The Morgan fingerprint density at radius 3 is 2.48 bits per heavy atom. The van der Waals surface area contributed by atoms with Crippen LogP contribution >= 0.6 is 0 Å². The molecule has 0 unspecified atom stereocenters. The first-order valence-corrected chi connectivity index (χ1v) is 7.66. The van der Waals surface area contributed by atoms with Gasteiger partial charge >= 0.3 is 0 Å². The standard InChI is InChI=1S/C19H22FNO2/c1-12(2)17-7-6-16(10-13(17)3)23-11-19(22)21-18-8-5-15(20)9-14(18)4/h5-10,12H,11H2,1-4H3,(H,21,22). The highest BCUT2D eigenvalue weighted by Crippen LogP contribution is 2.23. The van der Waals surface area contributed by atoms with Crippen LogP contribution in [-0.4, -0.2) is 12.5 Å². The van der Waals surface area contributed by atoms with Gasteiger partial charge in [0.1, 0.15) is 11.6 Å². The number of carbonyl (C=O) groups is 1. The van der Waals surface area contributed by atoms with E-state index in [0.29, 0.717) is 22.9 Å². The summed E-state index contributed by atoms with van der Waals surface area (Å²) in [5.74, 6) is 0.523. The van der Waals surface area contributed by atoms with Crippen LogP contribution in [-0.2, 0) is 4.79 Å². The van der Waals surface area contributed by atoms with Crippen molar-refractivity contribution in [1.82, 2.24) is 0 Å². The zero-order chi connectivity index (χ0) is 17.0. The molecule has 0 saturated carbocycles. The molecule has 0 heterocycles. The van der Waals surface area contributed by atoms with Crippen molar-refractivity contribution < 1.29 is 13.9 Å². The molecule has 0 fully saturated rings.